The Kier molecular flexibility index (Phi) is 5.20. The number of methoxy groups -OCH3 is 1. The lowest BCUT2D eigenvalue weighted by Crippen LogP contribution is -2.12. The van der Waals surface area contributed by atoms with E-state index >= 15 is 0 Å². The highest BCUT2D eigenvalue weighted by molar-refractivity contribution is 6.34. The van der Waals surface area contributed by atoms with E-state index in [9.17, 15) is 4.79 Å². The van der Waals surface area contributed by atoms with E-state index in [0.717, 1.165) is 12.0 Å². The van der Waals surface area contributed by atoms with E-state index in [1.165, 1.54) is 0 Å². The smallest absolute Gasteiger partial charge is 0.255 e. The van der Waals surface area contributed by atoms with E-state index in [1.54, 1.807) is 37.4 Å². The molecule has 5 heteroatoms. The van der Waals surface area contributed by atoms with Crippen LogP contribution in [0.15, 0.2) is 42.5 Å². The number of halogens is 1. The average Bonchev–Trinajstić information content (AvgIpc) is 2.50. The van der Waals surface area contributed by atoms with Crippen molar-refractivity contribution < 1.29 is 9.53 Å². The maximum absolute atomic E-state index is 12.2. The van der Waals surface area contributed by atoms with Crippen molar-refractivity contribution in [2.75, 3.05) is 19.0 Å². The summed E-state index contributed by atoms with van der Waals surface area (Å²) in [6.07, 6.45) is 0.795. The molecule has 0 fully saturated rings. The van der Waals surface area contributed by atoms with Gasteiger partial charge in [0.05, 0.1) is 17.8 Å². The number of carbonyl (C=O) groups excluding carboxylic acids is 1. The highest BCUT2D eigenvalue weighted by Crippen LogP contribution is 2.27. The van der Waals surface area contributed by atoms with Gasteiger partial charge in [0.2, 0.25) is 0 Å². The van der Waals surface area contributed by atoms with Gasteiger partial charge in [-0.15, -0.1) is 0 Å². The van der Waals surface area contributed by atoms with Crippen molar-refractivity contribution in [3.63, 3.8) is 0 Å². The summed E-state index contributed by atoms with van der Waals surface area (Å²) in [4.78, 5) is 12.2. The summed E-state index contributed by atoms with van der Waals surface area (Å²) in [5, 5.41) is 3.24. The van der Waals surface area contributed by atoms with Gasteiger partial charge in [0.25, 0.3) is 5.91 Å². The molecule has 0 atom stereocenters. The summed E-state index contributed by atoms with van der Waals surface area (Å²) in [5.74, 6) is 0.414. The zero-order chi connectivity index (χ0) is 15.2. The Morgan fingerprint density at radius 3 is 2.57 bits per heavy atom. The number of ether oxygens (including phenoxy) is 1. The molecule has 4 nitrogen and oxygen atoms in total. The minimum atomic E-state index is -0.218. The summed E-state index contributed by atoms with van der Waals surface area (Å²) in [7, 11) is 1.56. The van der Waals surface area contributed by atoms with Gasteiger partial charge in [0.1, 0.15) is 5.75 Å². The first kappa shape index (κ1) is 15.4. The molecule has 3 N–H and O–H groups in total. The average molecular weight is 305 g/mol. The van der Waals surface area contributed by atoms with Crippen molar-refractivity contribution in [2.45, 2.75) is 6.42 Å². The zero-order valence-electron chi connectivity index (χ0n) is 11.7. The van der Waals surface area contributed by atoms with Crippen molar-refractivity contribution in [2.24, 2.45) is 5.73 Å². The van der Waals surface area contributed by atoms with Crippen LogP contribution in [0.4, 0.5) is 5.69 Å². The molecule has 0 bridgehead atoms. The molecule has 0 aliphatic carbocycles. The van der Waals surface area contributed by atoms with Gasteiger partial charge < -0.3 is 15.8 Å². The lowest BCUT2D eigenvalue weighted by molar-refractivity contribution is 0.102. The number of nitrogens with one attached hydrogen (secondary N) is 1. The second-order valence-electron chi connectivity index (χ2n) is 4.54. The Balaban J connectivity index is 2.14. The Labute approximate surface area is 128 Å². The summed E-state index contributed by atoms with van der Waals surface area (Å²) in [6, 6.07) is 12.4. The van der Waals surface area contributed by atoms with Gasteiger partial charge in [-0.25, -0.2) is 0 Å². The summed E-state index contributed by atoms with van der Waals surface area (Å²) in [5.41, 5.74) is 7.69. The maximum Gasteiger partial charge on any atom is 0.255 e. The van der Waals surface area contributed by atoms with E-state index in [0.29, 0.717) is 28.6 Å². The third kappa shape index (κ3) is 3.97. The fourth-order valence-electron chi connectivity index (χ4n) is 1.91. The lowest BCUT2D eigenvalue weighted by Gasteiger charge is -2.09. The van der Waals surface area contributed by atoms with Gasteiger partial charge in [-0.2, -0.15) is 0 Å². The predicted octanol–water partition coefficient (Wildman–Crippen LogP) is 3.10. The third-order valence-electron chi connectivity index (χ3n) is 3.07. The zero-order valence-corrected chi connectivity index (χ0v) is 12.5. The van der Waals surface area contributed by atoms with E-state index in [2.05, 4.69) is 5.32 Å². The Morgan fingerprint density at radius 2 is 1.95 bits per heavy atom. The quantitative estimate of drug-likeness (QED) is 0.892. The number of anilines is 1. The van der Waals surface area contributed by atoms with E-state index in [-0.39, 0.29) is 5.91 Å². The van der Waals surface area contributed by atoms with Crippen LogP contribution < -0.4 is 15.8 Å². The van der Waals surface area contributed by atoms with Crippen LogP contribution in [-0.4, -0.2) is 19.6 Å². The number of hydrogen-bond acceptors (Lipinski definition) is 3. The molecule has 2 rings (SSSR count). The number of hydrogen-bond donors (Lipinski definition) is 2. The second-order valence-corrected chi connectivity index (χ2v) is 4.94. The predicted molar refractivity (Wildman–Crippen MR) is 85.2 cm³/mol. The van der Waals surface area contributed by atoms with Crippen molar-refractivity contribution in [3.05, 3.63) is 58.6 Å². The van der Waals surface area contributed by atoms with Gasteiger partial charge in [-0.05, 0) is 42.8 Å². The first-order chi connectivity index (χ1) is 10.1. The van der Waals surface area contributed by atoms with Crippen LogP contribution in [0.2, 0.25) is 5.02 Å². The molecule has 0 saturated carbocycles. The lowest BCUT2D eigenvalue weighted by atomic mass is 10.1. The highest BCUT2D eigenvalue weighted by Gasteiger charge is 2.09. The minimum Gasteiger partial charge on any atom is -0.497 e. The van der Waals surface area contributed by atoms with E-state index < -0.39 is 0 Å². The van der Waals surface area contributed by atoms with Gasteiger partial charge in [-0.3, -0.25) is 4.79 Å². The number of nitrogens with two attached hydrogens (primary N) is 1. The Morgan fingerprint density at radius 1 is 1.24 bits per heavy atom. The van der Waals surface area contributed by atoms with Crippen LogP contribution >= 0.6 is 11.6 Å². The number of carbonyl (C=O) groups is 1. The number of amides is 1. The van der Waals surface area contributed by atoms with Crippen molar-refractivity contribution in [1.29, 1.82) is 0 Å². The maximum atomic E-state index is 12.2. The van der Waals surface area contributed by atoms with Gasteiger partial charge >= 0.3 is 0 Å². The molecule has 0 aliphatic heterocycles. The molecule has 0 radical (unpaired) electrons. The summed E-state index contributed by atoms with van der Waals surface area (Å²) >= 11 is 6.07. The first-order valence-corrected chi connectivity index (χ1v) is 6.95. The van der Waals surface area contributed by atoms with E-state index in [4.69, 9.17) is 22.1 Å². The van der Waals surface area contributed by atoms with Crippen LogP contribution in [0.5, 0.6) is 5.75 Å². The molecule has 0 aromatic heterocycles. The molecule has 1 amide bonds. The SMILES string of the molecule is COc1ccc(Cl)c(NC(=O)c2ccc(CCN)cc2)c1. The van der Waals surface area contributed by atoms with Crippen LogP contribution in [0.3, 0.4) is 0 Å². The minimum absolute atomic E-state index is 0.218. The fourth-order valence-corrected chi connectivity index (χ4v) is 2.08. The van der Waals surface area contributed by atoms with Crippen molar-refractivity contribution in [1.82, 2.24) is 0 Å². The fraction of sp³-hybridized carbons (Fsp3) is 0.188. The van der Waals surface area contributed by atoms with E-state index in [1.807, 2.05) is 12.1 Å². The molecule has 110 valence electrons. The number of benzene rings is 2. The van der Waals surface area contributed by atoms with Crippen molar-refractivity contribution >= 4 is 23.2 Å². The van der Waals surface area contributed by atoms with Crippen LogP contribution in [0, 0.1) is 0 Å². The molecular formula is C16H17ClN2O2. The monoisotopic (exact) mass is 304 g/mol. The molecule has 2 aromatic rings. The molecule has 0 unspecified atom stereocenters. The van der Waals surface area contributed by atoms with Gasteiger partial charge in [0.15, 0.2) is 0 Å². The Bertz CT molecular complexity index is 627. The highest BCUT2D eigenvalue weighted by atomic mass is 35.5. The third-order valence-corrected chi connectivity index (χ3v) is 3.40. The summed E-state index contributed by atoms with van der Waals surface area (Å²) in [6.45, 7) is 0.588. The summed E-state index contributed by atoms with van der Waals surface area (Å²) < 4.78 is 5.12. The van der Waals surface area contributed by atoms with Gasteiger partial charge in [-0.1, -0.05) is 23.7 Å². The molecule has 0 heterocycles. The largest absolute Gasteiger partial charge is 0.497 e. The topological polar surface area (TPSA) is 64.3 Å². The van der Waals surface area contributed by atoms with Crippen LogP contribution in [-0.2, 0) is 6.42 Å². The van der Waals surface area contributed by atoms with Crippen LogP contribution in [0.25, 0.3) is 0 Å². The Hall–Kier alpha value is -2.04. The van der Waals surface area contributed by atoms with Crippen molar-refractivity contribution in [3.8, 4) is 5.75 Å². The number of rotatable bonds is 5. The molecule has 2 aromatic carbocycles. The first-order valence-electron chi connectivity index (χ1n) is 6.58. The molecule has 0 spiro atoms. The molecule has 0 aliphatic rings. The molecule has 21 heavy (non-hydrogen) atoms. The molecular weight excluding hydrogens is 288 g/mol. The normalized spacial score (nSPS) is 10.2. The second kappa shape index (κ2) is 7.11. The van der Waals surface area contributed by atoms with Gasteiger partial charge in [0, 0.05) is 11.6 Å². The molecule has 0 saturated heterocycles. The standard InChI is InChI=1S/C16H17ClN2O2/c1-21-13-6-7-14(17)15(10-13)19-16(20)12-4-2-11(3-5-12)8-9-18/h2-7,10H,8-9,18H2,1H3,(H,19,20). The van der Waals surface area contributed by atoms with Crippen LogP contribution in [0.1, 0.15) is 15.9 Å².